The third kappa shape index (κ3) is 2.40. The van der Waals surface area contributed by atoms with Crippen LogP contribution in [0.2, 0.25) is 0 Å². The van der Waals surface area contributed by atoms with Crippen molar-refractivity contribution in [2.45, 2.75) is 13.0 Å². The van der Waals surface area contributed by atoms with E-state index in [-0.39, 0.29) is 18.3 Å². The van der Waals surface area contributed by atoms with Gasteiger partial charge in [-0.3, -0.25) is 4.79 Å². The first-order valence-corrected chi connectivity index (χ1v) is 5.24. The molecular weight excluding hydrogens is 210 g/mol. The largest absolute Gasteiger partial charge is 0.394 e. The average Bonchev–Trinajstić information content (AvgIpc) is 2.28. The van der Waals surface area contributed by atoms with Gasteiger partial charge in [-0.05, 0) is 6.92 Å². The lowest BCUT2D eigenvalue weighted by atomic mass is 10.3. The van der Waals surface area contributed by atoms with Gasteiger partial charge in [0.1, 0.15) is 11.6 Å². The van der Waals surface area contributed by atoms with Crippen molar-refractivity contribution < 1.29 is 9.84 Å². The van der Waals surface area contributed by atoms with E-state index < -0.39 is 0 Å². The van der Waals surface area contributed by atoms with Crippen molar-refractivity contribution in [1.29, 1.82) is 0 Å². The van der Waals surface area contributed by atoms with Crippen LogP contribution in [0.25, 0.3) is 0 Å². The summed E-state index contributed by atoms with van der Waals surface area (Å²) in [6.07, 6.45) is -0.199. The molecular formula is C10H15N3O3. The van der Waals surface area contributed by atoms with Crippen LogP contribution in [0.15, 0.2) is 10.9 Å². The smallest absolute Gasteiger partial charge is 0.252 e. The van der Waals surface area contributed by atoms with Crippen LogP contribution in [0.1, 0.15) is 5.82 Å². The summed E-state index contributed by atoms with van der Waals surface area (Å²) in [4.78, 5) is 20.1. The van der Waals surface area contributed by atoms with Crippen molar-refractivity contribution in [1.82, 2.24) is 9.97 Å². The predicted molar refractivity (Wildman–Crippen MR) is 58.6 cm³/mol. The Kier molecular flexibility index (Phi) is 3.21. The highest BCUT2D eigenvalue weighted by Gasteiger charge is 2.21. The minimum atomic E-state index is -0.199. The third-order valence-corrected chi connectivity index (χ3v) is 2.51. The Hall–Kier alpha value is -1.40. The molecule has 0 amide bonds. The average molecular weight is 225 g/mol. The Labute approximate surface area is 92.9 Å². The highest BCUT2D eigenvalue weighted by molar-refractivity contribution is 5.38. The van der Waals surface area contributed by atoms with Crippen molar-refractivity contribution in [3.63, 3.8) is 0 Å². The minimum absolute atomic E-state index is 0.0152. The van der Waals surface area contributed by atoms with Crippen LogP contribution in [0, 0.1) is 6.92 Å². The van der Waals surface area contributed by atoms with E-state index in [1.807, 2.05) is 4.90 Å². The molecule has 6 nitrogen and oxygen atoms in total. The van der Waals surface area contributed by atoms with Gasteiger partial charge in [0.15, 0.2) is 0 Å². The standard InChI is InChI=1S/C10H15N3O3/c1-7-11-9(4-10(15)12-7)13-2-3-16-8(5-13)6-14/h4,8,14H,2-3,5-6H2,1H3,(H,11,12,15). The topological polar surface area (TPSA) is 78.5 Å². The number of aromatic nitrogens is 2. The molecule has 88 valence electrons. The first-order valence-electron chi connectivity index (χ1n) is 5.24. The highest BCUT2D eigenvalue weighted by atomic mass is 16.5. The van der Waals surface area contributed by atoms with E-state index in [0.29, 0.717) is 31.3 Å². The number of H-pyrrole nitrogens is 1. The van der Waals surface area contributed by atoms with Crippen LogP contribution in [0.4, 0.5) is 5.82 Å². The van der Waals surface area contributed by atoms with E-state index in [1.165, 1.54) is 6.07 Å². The molecule has 6 heteroatoms. The molecule has 1 fully saturated rings. The second-order valence-corrected chi connectivity index (χ2v) is 3.81. The number of aryl methyl sites for hydroxylation is 1. The van der Waals surface area contributed by atoms with Gasteiger partial charge in [-0.15, -0.1) is 0 Å². The maximum Gasteiger partial charge on any atom is 0.252 e. The maximum absolute atomic E-state index is 11.3. The third-order valence-electron chi connectivity index (χ3n) is 2.51. The Balaban J connectivity index is 2.19. The van der Waals surface area contributed by atoms with Crippen molar-refractivity contribution in [2.75, 3.05) is 31.2 Å². The lowest BCUT2D eigenvalue weighted by molar-refractivity contribution is 0.00334. The van der Waals surface area contributed by atoms with Gasteiger partial charge in [-0.25, -0.2) is 4.98 Å². The number of hydrogen-bond donors (Lipinski definition) is 2. The van der Waals surface area contributed by atoms with E-state index >= 15 is 0 Å². The zero-order chi connectivity index (χ0) is 11.5. The highest BCUT2D eigenvalue weighted by Crippen LogP contribution is 2.13. The quantitative estimate of drug-likeness (QED) is 0.694. The van der Waals surface area contributed by atoms with Gasteiger partial charge in [-0.1, -0.05) is 0 Å². The fourth-order valence-electron chi connectivity index (χ4n) is 1.76. The molecule has 1 aliphatic heterocycles. The number of aliphatic hydroxyl groups excluding tert-OH is 1. The zero-order valence-corrected chi connectivity index (χ0v) is 9.14. The predicted octanol–water partition coefficient (Wildman–Crippen LogP) is -0.724. The number of aromatic amines is 1. The van der Waals surface area contributed by atoms with Crippen LogP contribution in [0.5, 0.6) is 0 Å². The number of rotatable bonds is 2. The summed E-state index contributed by atoms with van der Waals surface area (Å²) in [6, 6.07) is 1.47. The maximum atomic E-state index is 11.3. The molecule has 0 saturated carbocycles. The van der Waals surface area contributed by atoms with Crippen molar-refractivity contribution in [2.24, 2.45) is 0 Å². The van der Waals surface area contributed by atoms with Gasteiger partial charge in [0.25, 0.3) is 5.56 Å². The summed E-state index contributed by atoms with van der Waals surface area (Å²) in [5.74, 6) is 1.23. The van der Waals surface area contributed by atoms with Gasteiger partial charge >= 0.3 is 0 Å². The summed E-state index contributed by atoms with van der Waals surface area (Å²) in [5.41, 5.74) is -0.158. The molecule has 1 aromatic heterocycles. The summed E-state index contributed by atoms with van der Waals surface area (Å²) in [7, 11) is 0. The molecule has 0 spiro atoms. The normalized spacial score (nSPS) is 21.1. The van der Waals surface area contributed by atoms with Gasteiger partial charge < -0.3 is 19.7 Å². The molecule has 0 bridgehead atoms. The number of ether oxygens (including phenoxy) is 1. The van der Waals surface area contributed by atoms with Crippen LogP contribution >= 0.6 is 0 Å². The molecule has 2 heterocycles. The molecule has 0 radical (unpaired) electrons. The van der Waals surface area contributed by atoms with E-state index in [2.05, 4.69) is 9.97 Å². The molecule has 16 heavy (non-hydrogen) atoms. The number of anilines is 1. The summed E-state index contributed by atoms with van der Waals surface area (Å²) in [5, 5.41) is 9.02. The number of hydrogen-bond acceptors (Lipinski definition) is 5. The SMILES string of the molecule is Cc1nc(N2CCOC(CO)C2)cc(=O)[nH]1. The second kappa shape index (κ2) is 4.63. The van der Waals surface area contributed by atoms with Crippen molar-refractivity contribution in [3.05, 3.63) is 22.2 Å². The number of morpholine rings is 1. The fraction of sp³-hybridized carbons (Fsp3) is 0.600. The summed E-state index contributed by atoms with van der Waals surface area (Å²) < 4.78 is 5.33. The van der Waals surface area contributed by atoms with Crippen LogP contribution in [-0.4, -0.2) is 47.5 Å². The van der Waals surface area contributed by atoms with E-state index in [0.717, 1.165) is 0 Å². The van der Waals surface area contributed by atoms with Gasteiger partial charge in [0, 0.05) is 19.2 Å². The van der Waals surface area contributed by atoms with Crippen LogP contribution in [-0.2, 0) is 4.74 Å². The van der Waals surface area contributed by atoms with Crippen molar-refractivity contribution >= 4 is 5.82 Å². The molecule has 2 N–H and O–H groups in total. The lowest BCUT2D eigenvalue weighted by Crippen LogP contribution is -2.44. The molecule has 1 saturated heterocycles. The minimum Gasteiger partial charge on any atom is -0.394 e. The van der Waals surface area contributed by atoms with Crippen LogP contribution in [0.3, 0.4) is 0 Å². The molecule has 0 aliphatic carbocycles. The molecule has 1 unspecified atom stereocenters. The number of nitrogens with zero attached hydrogens (tertiary/aromatic N) is 2. The zero-order valence-electron chi connectivity index (χ0n) is 9.14. The summed E-state index contributed by atoms with van der Waals surface area (Å²) in [6.45, 7) is 3.52. The number of nitrogens with one attached hydrogen (secondary N) is 1. The Morgan fingerprint density at radius 2 is 2.56 bits per heavy atom. The first-order chi connectivity index (χ1) is 7.69. The lowest BCUT2D eigenvalue weighted by Gasteiger charge is -2.32. The fourth-order valence-corrected chi connectivity index (χ4v) is 1.76. The molecule has 2 rings (SSSR count). The monoisotopic (exact) mass is 225 g/mol. The molecule has 1 atom stereocenters. The van der Waals surface area contributed by atoms with Gasteiger partial charge in [0.05, 0.1) is 19.3 Å². The van der Waals surface area contributed by atoms with Gasteiger partial charge in [0.2, 0.25) is 0 Å². The Morgan fingerprint density at radius 1 is 1.75 bits per heavy atom. The van der Waals surface area contributed by atoms with Crippen molar-refractivity contribution in [3.8, 4) is 0 Å². The van der Waals surface area contributed by atoms with E-state index in [9.17, 15) is 4.79 Å². The Morgan fingerprint density at radius 3 is 3.25 bits per heavy atom. The molecule has 1 aromatic rings. The van der Waals surface area contributed by atoms with Crippen LogP contribution < -0.4 is 10.5 Å². The second-order valence-electron chi connectivity index (χ2n) is 3.81. The summed E-state index contributed by atoms with van der Waals surface area (Å²) >= 11 is 0. The number of aliphatic hydroxyl groups is 1. The molecule has 0 aromatic carbocycles. The first kappa shape index (κ1) is 11.1. The van der Waals surface area contributed by atoms with E-state index in [1.54, 1.807) is 6.92 Å². The van der Waals surface area contributed by atoms with Gasteiger partial charge in [-0.2, -0.15) is 0 Å². The molecule has 1 aliphatic rings. The van der Waals surface area contributed by atoms with E-state index in [4.69, 9.17) is 9.84 Å². The Bertz CT molecular complexity index is 418.